The molecule has 1 aliphatic rings. The number of carbonyl (C=O) groups is 2. The molecule has 0 aliphatic carbocycles. The number of hydrogen-bond donors (Lipinski definition) is 1. The lowest BCUT2D eigenvalue weighted by Gasteiger charge is -2.32. The van der Waals surface area contributed by atoms with E-state index in [0.29, 0.717) is 39.1 Å². The molecule has 3 rings (SSSR count). The van der Waals surface area contributed by atoms with Crippen LogP contribution >= 0.6 is 0 Å². The summed E-state index contributed by atoms with van der Waals surface area (Å²) >= 11 is 0. The fourth-order valence-corrected chi connectivity index (χ4v) is 3.35. The Bertz CT molecular complexity index is 689. The summed E-state index contributed by atoms with van der Waals surface area (Å²) in [5.74, 6) is 0.687. The Morgan fingerprint density at radius 3 is 2.75 bits per heavy atom. The minimum Gasteiger partial charge on any atom is -0.493 e. The number of aromatic nitrogens is 1. The maximum absolute atomic E-state index is 12.5. The lowest BCUT2D eigenvalue weighted by atomic mass is 9.97. The van der Waals surface area contributed by atoms with Gasteiger partial charge in [-0.2, -0.15) is 0 Å². The molecule has 1 aromatic carbocycles. The minimum atomic E-state index is -0.142. The molecule has 0 saturated carbocycles. The Labute approximate surface area is 165 Å². The molecule has 1 fully saturated rings. The number of benzene rings is 1. The van der Waals surface area contributed by atoms with Gasteiger partial charge in [0.2, 0.25) is 11.8 Å². The standard InChI is InChI=1S/C22H27N3O3/c26-21(12-16-28-20-9-2-1-3-10-20)25-15-6-7-18(17-25)22(27)24-14-11-19-8-4-5-13-23-19/h1-5,8-10,13,18H,6-7,11-12,14-17H2,(H,24,27). The summed E-state index contributed by atoms with van der Waals surface area (Å²) in [4.78, 5) is 31.0. The van der Waals surface area contributed by atoms with E-state index >= 15 is 0 Å². The summed E-state index contributed by atoms with van der Waals surface area (Å²) in [7, 11) is 0. The molecule has 1 atom stereocenters. The summed E-state index contributed by atoms with van der Waals surface area (Å²) in [6, 6.07) is 15.2. The number of amides is 2. The van der Waals surface area contributed by atoms with Crippen molar-refractivity contribution in [2.45, 2.75) is 25.7 Å². The summed E-state index contributed by atoms with van der Waals surface area (Å²) in [6.45, 7) is 2.10. The molecule has 148 valence electrons. The molecular weight excluding hydrogens is 354 g/mol. The quantitative estimate of drug-likeness (QED) is 0.762. The topological polar surface area (TPSA) is 71.5 Å². The molecule has 1 N–H and O–H groups in total. The van der Waals surface area contributed by atoms with Gasteiger partial charge in [0, 0.05) is 37.9 Å². The molecule has 0 radical (unpaired) electrons. The van der Waals surface area contributed by atoms with Gasteiger partial charge < -0.3 is 15.0 Å². The Kier molecular flexibility index (Phi) is 7.41. The highest BCUT2D eigenvalue weighted by Gasteiger charge is 2.28. The number of ether oxygens (including phenoxy) is 1. The lowest BCUT2D eigenvalue weighted by molar-refractivity contribution is -0.136. The van der Waals surface area contributed by atoms with Gasteiger partial charge in [0.05, 0.1) is 18.9 Å². The second-order valence-electron chi connectivity index (χ2n) is 6.95. The summed E-state index contributed by atoms with van der Waals surface area (Å²) in [5.41, 5.74) is 0.960. The summed E-state index contributed by atoms with van der Waals surface area (Å²) in [6.07, 6.45) is 4.45. The first-order valence-electron chi connectivity index (χ1n) is 9.85. The first-order chi connectivity index (χ1) is 13.7. The van der Waals surface area contributed by atoms with Gasteiger partial charge in [0.25, 0.3) is 0 Å². The lowest BCUT2D eigenvalue weighted by Crippen LogP contribution is -2.46. The number of pyridine rings is 1. The third-order valence-electron chi connectivity index (χ3n) is 4.88. The molecule has 28 heavy (non-hydrogen) atoms. The van der Waals surface area contributed by atoms with Crippen LogP contribution < -0.4 is 10.1 Å². The number of rotatable bonds is 8. The van der Waals surface area contributed by atoms with Crippen LogP contribution in [0.5, 0.6) is 5.75 Å². The number of piperidine rings is 1. The van der Waals surface area contributed by atoms with Gasteiger partial charge in [-0.1, -0.05) is 24.3 Å². The molecule has 6 heteroatoms. The van der Waals surface area contributed by atoms with Crippen LogP contribution in [0.1, 0.15) is 25.0 Å². The second kappa shape index (κ2) is 10.4. The van der Waals surface area contributed by atoms with Gasteiger partial charge in [-0.15, -0.1) is 0 Å². The van der Waals surface area contributed by atoms with E-state index in [1.807, 2.05) is 48.5 Å². The van der Waals surface area contributed by atoms with Crippen LogP contribution in [0.4, 0.5) is 0 Å². The summed E-state index contributed by atoms with van der Waals surface area (Å²) in [5, 5.41) is 2.98. The average molecular weight is 381 g/mol. The summed E-state index contributed by atoms with van der Waals surface area (Å²) < 4.78 is 5.60. The van der Waals surface area contributed by atoms with E-state index in [1.54, 1.807) is 11.1 Å². The van der Waals surface area contributed by atoms with Gasteiger partial charge in [-0.25, -0.2) is 0 Å². The fourth-order valence-electron chi connectivity index (χ4n) is 3.35. The van der Waals surface area contributed by atoms with Crippen LogP contribution in [0, 0.1) is 5.92 Å². The van der Waals surface area contributed by atoms with Gasteiger partial charge in [0.1, 0.15) is 5.75 Å². The van der Waals surface area contributed by atoms with Crippen molar-refractivity contribution in [2.75, 3.05) is 26.2 Å². The van der Waals surface area contributed by atoms with E-state index in [9.17, 15) is 9.59 Å². The zero-order valence-corrected chi connectivity index (χ0v) is 16.0. The molecule has 1 aliphatic heterocycles. The molecule has 1 unspecified atom stereocenters. The minimum absolute atomic E-state index is 0.0222. The molecule has 2 amide bonds. The van der Waals surface area contributed by atoms with Crippen molar-refractivity contribution in [3.8, 4) is 5.75 Å². The Morgan fingerprint density at radius 2 is 1.96 bits per heavy atom. The van der Waals surface area contributed by atoms with Crippen molar-refractivity contribution >= 4 is 11.8 Å². The van der Waals surface area contributed by atoms with Crippen LogP contribution in [0.2, 0.25) is 0 Å². The van der Waals surface area contributed by atoms with Crippen molar-refractivity contribution in [3.05, 3.63) is 60.4 Å². The van der Waals surface area contributed by atoms with Crippen LogP contribution in [0.25, 0.3) is 0 Å². The van der Waals surface area contributed by atoms with Gasteiger partial charge in [0.15, 0.2) is 0 Å². The van der Waals surface area contributed by atoms with Gasteiger partial charge in [-0.05, 0) is 37.1 Å². The average Bonchev–Trinajstić information content (AvgIpc) is 2.75. The van der Waals surface area contributed by atoms with Crippen LogP contribution in [-0.4, -0.2) is 47.9 Å². The van der Waals surface area contributed by atoms with Gasteiger partial charge in [-0.3, -0.25) is 14.6 Å². The van der Waals surface area contributed by atoms with Gasteiger partial charge >= 0.3 is 0 Å². The van der Waals surface area contributed by atoms with Crippen molar-refractivity contribution in [1.82, 2.24) is 15.2 Å². The van der Waals surface area contributed by atoms with E-state index in [2.05, 4.69) is 10.3 Å². The van der Waals surface area contributed by atoms with E-state index in [1.165, 1.54) is 0 Å². The zero-order valence-electron chi connectivity index (χ0n) is 16.0. The van der Waals surface area contributed by atoms with E-state index in [-0.39, 0.29) is 17.7 Å². The SMILES string of the molecule is O=C(NCCc1ccccn1)C1CCCN(C(=O)CCOc2ccccc2)C1. The Morgan fingerprint density at radius 1 is 1.14 bits per heavy atom. The van der Waals surface area contributed by atoms with Crippen molar-refractivity contribution in [3.63, 3.8) is 0 Å². The first-order valence-corrected chi connectivity index (χ1v) is 9.85. The predicted octanol–water partition coefficient (Wildman–Crippen LogP) is 2.45. The number of nitrogens with one attached hydrogen (secondary N) is 1. The molecule has 6 nitrogen and oxygen atoms in total. The molecule has 0 spiro atoms. The van der Waals surface area contributed by atoms with E-state index < -0.39 is 0 Å². The maximum Gasteiger partial charge on any atom is 0.226 e. The van der Waals surface area contributed by atoms with Crippen LogP contribution in [0.15, 0.2) is 54.7 Å². The highest BCUT2D eigenvalue weighted by molar-refractivity contribution is 5.81. The number of para-hydroxylation sites is 1. The smallest absolute Gasteiger partial charge is 0.226 e. The van der Waals surface area contributed by atoms with Crippen LogP contribution in [0.3, 0.4) is 0 Å². The van der Waals surface area contributed by atoms with Crippen molar-refractivity contribution in [2.24, 2.45) is 5.92 Å². The number of likely N-dealkylation sites (tertiary alicyclic amines) is 1. The molecule has 1 saturated heterocycles. The normalized spacial score (nSPS) is 16.4. The highest BCUT2D eigenvalue weighted by atomic mass is 16.5. The van der Waals surface area contributed by atoms with E-state index in [4.69, 9.17) is 4.74 Å². The predicted molar refractivity (Wildman–Crippen MR) is 107 cm³/mol. The third kappa shape index (κ3) is 6.08. The zero-order chi connectivity index (χ0) is 19.6. The monoisotopic (exact) mass is 381 g/mol. The highest BCUT2D eigenvalue weighted by Crippen LogP contribution is 2.18. The number of nitrogens with zero attached hydrogens (tertiary/aromatic N) is 2. The largest absolute Gasteiger partial charge is 0.493 e. The molecule has 1 aromatic heterocycles. The molecule has 0 bridgehead atoms. The third-order valence-corrected chi connectivity index (χ3v) is 4.88. The number of hydrogen-bond acceptors (Lipinski definition) is 4. The van der Waals surface area contributed by atoms with Crippen molar-refractivity contribution in [1.29, 1.82) is 0 Å². The molecule has 2 heterocycles. The second-order valence-corrected chi connectivity index (χ2v) is 6.95. The number of carbonyl (C=O) groups excluding carboxylic acids is 2. The van der Waals surface area contributed by atoms with Crippen LogP contribution in [-0.2, 0) is 16.0 Å². The van der Waals surface area contributed by atoms with Crippen molar-refractivity contribution < 1.29 is 14.3 Å². The fraction of sp³-hybridized carbons (Fsp3) is 0.409. The first kappa shape index (κ1) is 19.9. The molecular formula is C22H27N3O3. The maximum atomic E-state index is 12.5. The Hall–Kier alpha value is -2.89. The molecule has 2 aromatic rings. The van der Waals surface area contributed by atoms with E-state index in [0.717, 1.165) is 24.3 Å². The Balaban J connectivity index is 1.38.